The van der Waals surface area contributed by atoms with Gasteiger partial charge in [-0.3, -0.25) is 0 Å². The third-order valence-electron chi connectivity index (χ3n) is 6.40. The first-order valence-electron chi connectivity index (χ1n) is 13.6. The van der Waals surface area contributed by atoms with Gasteiger partial charge in [0.2, 0.25) is 0 Å². The fraction of sp³-hybridized carbons (Fsp3) is 0.375. The SMILES string of the molecule is C[Si](C)(C)C#C[C@H]1O[C@H](COCc2ccccc2)[C@@H](OCc2ccccc2)[C@H](OCc2ccccc2)[C@@H]1N=[N+]=[N-]. The van der Waals surface area contributed by atoms with Crippen molar-refractivity contribution in [2.45, 2.75) is 69.9 Å². The Morgan fingerprint density at radius 2 is 1.27 bits per heavy atom. The van der Waals surface area contributed by atoms with E-state index in [0.29, 0.717) is 19.8 Å². The molecule has 7 nitrogen and oxygen atoms in total. The van der Waals surface area contributed by atoms with Crippen molar-refractivity contribution in [3.8, 4) is 11.5 Å². The third-order valence-corrected chi connectivity index (χ3v) is 7.29. The van der Waals surface area contributed by atoms with E-state index in [1.165, 1.54) is 0 Å². The molecule has 0 bridgehead atoms. The van der Waals surface area contributed by atoms with Crippen LogP contribution in [-0.4, -0.2) is 45.1 Å². The highest BCUT2D eigenvalue weighted by Gasteiger charge is 2.47. The first-order chi connectivity index (χ1) is 19.4. The summed E-state index contributed by atoms with van der Waals surface area (Å²) >= 11 is 0. The van der Waals surface area contributed by atoms with E-state index in [2.05, 4.69) is 41.1 Å². The Morgan fingerprint density at radius 3 is 1.77 bits per heavy atom. The molecular formula is C32H37N3O4Si. The highest BCUT2D eigenvalue weighted by molar-refractivity contribution is 6.83. The molecule has 5 atom stereocenters. The number of benzene rings is 3. The predicted octanol–water partition coefficient (Wildman–Crippen LogP) is 6.70. The molecule has 0 aliphatic carbocycles. The van der Waals surface area contributed by atoms with Crippen LogP contribution in [-0.2, 0) is 38.8 Å². The number of rotatable bonds is 11. The molecule has 3 aromatic rings. The zero-order valence-corrected chi connectivity index (χ0v) is 24.4. The van der Waals surface area contributed by atoms with Crippen LogP contribution in [0.4, 0.5) is 0 Å². The molecule has 4 rings (SSSR count). The lowest BCUT2D eigenvalue weighted by atomic mass is 9.93. The highest BCUT2D eigenvalue weighted by Crippen LogP contribution is 2.30. The molecule has 0 aromatic heterocycles. The van der Waals surface area contributed by atoms with E-state index in [1.807, 2.05) is 91.0 Å². The van der Waals surface area contributed by atoms with E-state index in [-0.39, 0.29) is 6.61 Å². The summed E-state index contributed by atoms with van der Waals surface area (Å²) in [5, 5.41) is 4.15. The van der Waals surface area contributed by atoms with Crippen molar-refractivity contribution in [2.24, 2.45) is 5.11 Å². The van der Waals surface area contributed by atoms with Gasteiger partial charge in [0.05, 0.1) is 32.5 Å². The lowest BCUT2D eigenvalue weighted by molar-refractivity contribution is -0.217. The van der Waals surface area contributed by atoms with Crippen molar-refractivity contribution in [2.75, 3.05) is 6.61 Å². The minimum absolute atomic E-state index is 0.271. The van der Waals surface area contributed by atoms with Crippen molar-refractivity contribution in [3.63, 3.8) is 0 Å². The second-order valence-electron chi connectivity index (χ2n) is 10.8. The minimum atomic E-state index is -1.73. The van der Waals surface area contributed by atoms with Gasteiger partial charge in [0.1, 0.15) is 32.4 Å². The molecule has 1 fully saturated rings. The molecule has 3 aromatic carbocycles. The smallest absolute Gasteiger partial charge is 0.129 e. The largest absolute Gasteiger partial charge is 0.374 e. The van der Waals surface area contributed by atoms with Crippen LogP contribution in [0, 0.1) is 11.5 Å². The maximum absolute atomic E-state index is 9.54. The fourth-order valence-electron chi connectivity index (χ4n) is 4.45. The first-order valence-corrected chi connectivity index (χ1v) is 17.1. The molecule has 1 heterocycles. The molecule has 0 radical (unpaired) electrons. The Morgan fingerprint density at radius 1 is 0.775 bits per heavy atom. The van der Waals surface area contributed by atoms with Gasteiger partial charge in [0, 0.05) is 4.91 Å². The monoisotopic (exact) mass is 555 g/mol. The minimum Gasteiger partial charge on any atom is -0.374 e. The molecule has 1 saturated heterocycles. The van der Waals surface area contributed by atoms with E-state index in [9.17, 15) is 5.53 Å². The Hall–Kier alpha value is -3.41. The Balaban J connectivity index is 1.63. The number of nitrogens with zero attached hydrogens (tertiary/aromatic N) is 3. The zero-order valence-electron chi connectivity index (χ0n) is 23.4. The topological polar surface area (TPSA) is 85.7 Å². The molecule has 0 spiro atoms. The summed E-state index contributed by atoms with van der Waals surface area (Å²) in [6, 6.07) is 29.2. The van der Waals surface area contributed by atoms with Crippen LogP contribution in [0.5, 0.6) is 0 Å². The van der Waals surface area contributed by atoms with Gasteiger partial charge in [0.25, 0.3) is 0 Å². The van der Waals surface area contributed by atoms with Gasteiger partial charge in [-0.25, -0.2) is 0 Å². The second kappa shape index (κ2) is 14.8. The first kappa shape index (κ1) is 29.6. The number of ether oxygens (including phenoxy) is 4. The molecule has 1 aliphatic heterocycles. The summed E-state index contributed by atoms with van der Waals surface area (Å²) in [6.07, 6.45) is -2.29. The summed E-state index contributed by atoms with van der Waals surface area (Å²) in [5.74, 6) is 3.29. The summed E-state index contributed by atoms with van der Waals surface area (Å²) in [4.78, 5) is 3.16. The maximum Gasteiger partial charge on any atom is 0.129 e. The van der Waals surface area contributed by atoms with Crippen LogP contribution >= 0.6 is 0 Å². The summed E-state index contributed by atoms with van der Waals surface area (Å²) in [5.41, 5.74) is 16.0. The van der Waals surface area contributed by atoms with Crippen LogP contribution in [0.2, 0.25) is 19.6 Å². The van der Waals surface area contributed by atoms with Gasteiger partial charge in [-0.2, -0.15) is 0 Å². The average Bonchev–Trinajstić information content (AvgIpc) is 2.96. The third kappa shape index (κ3) is 9.07. The molecule has 208 valence electrons. The van der Waals surface area contributed by atoms with Gasteiger partial charge in [-0.1, -0.05) is 122 Å². The Bertz CT molecular complexity index is 1290. The van der Waals surface area contributed by atoms with E-state index >= 15 is 0 Å². The van der Waals surface area contributed by atoms with Gasteiger partial charge in [0.15, 0.2) is 0 Å². The van der Waals surface area contributed by atoms with Crippen LogP contribution in [0.3, 0.4) is 0 Å². The molecule has 8 heteroatoms. The molecule has 0 amide bonds. The molecule has 0 saturated carbocycles. The van der Waals surface area contributed by atoms with Gasteiger partial charge < -0.3 is 18.9 Å². The average molecular weight is 556 g/mol. The maximum atomic E-state index is 9.54. The van der Waals surface area contributed by atoms with Gasteiger partial charge in [-0.05, 0) is 22.2 Å². The van der Waals surface area contributed by atoms with Crippen LogP contribution < -0.4 is 0 Å². The fourth-order valence-corrected chi connectivity index (χ4v) is 5.02. The zero-order chi connectivity index (χ0) is 28.2. The van der Waals surface area contributed by atoms with Crippen molar-refractivity contribution >= 4 is 8.07 Å². The summed E-state index contributed by atoms with van der Waals surface area (Å²) in [6.45, 7) is 7.90. The lowest BCUT2D eigenvalue weighted by Gasteiger charge is -2.43. The van der Waals surface area contributed by atoms with Gasteiger partial charge in [-0.15, -0.1) is 5.54 Å². The predicted molar refractivity (Wildman–Crippen MR) is 159 cm³/mol. The van der Waals surface area contributed by atoms with E-state index in [0.717, 1.165) is 16.7 Å². The van der Waals surface area contributed by atoms with Crippen molar-refractivity contribution in [3.05, 3.63) is 118 Å². The van der Waals surface area contributed by atoms with Crippen molar-refractivity contribution < 1.29 is 18.9 Å². The molecule has 0 unspecified atom stereocenters. The molecule has 1 aliphatic rings. The lowest BCUT2D eigenvalue weighted by Crippen LogP contribution is -2.59. The van der Waals surface area contributed by atoms with E-state index in [1.54, 1.807) is 0 Å². The highest BCUT2D eigenvalue weighted by atomic mass is 28.3. The number of azide groups is 1. The van der Waals surface area contributed by atoms with Crippen LogP contribution in [0.25, 0.3) is 10.4 Å². The Labute approximate surface area is 238 Å². The van der Waals surface area contributed by atoms with Crippen LogP contribution in [0.1, 0.15) is 16.7 Å². The van der Waals surface area contributed by atoms with Crippen molar-refractivity contribution in [1.82, 2.24) is 0 Å². The quantitative estimate of drug-likeness (QED) is 0.0866. The van der Waals surface area contributed by atoms with E-state index < -0.39 is 38.5 Å². The summed E-state index contributed by atoms with van der Waals surface area (Å²) in [7, 11) is -1.73. The molecular weight excluding hydrogens is 518 g/mol. The van der Waals surface area contributed by atoms with Gasteiger partial charge >= 0.3 is 0 Å². The normalized spacial score (nSPS) is 22.5. The standard InChI is InChI=1S/C32H37N3O4Si/c1-40(2,3)20-19-28-30(34-35-33)32(38-23-27-17-11-6-12-18-27)31(37-22-26-15-9-5-10-16-26)29(39-28)24-36-21-25-13-7-4-8-14-25/h4-18,28-32H,21-24H2,1-3H3/t28-,29-,30-,31-,32-/m1/s1. The molecule has 0 N–H and O–H groups in total. The van der Waals surface area contributed by atoms with Crippen LogP contribution in [0.15, 0.2) is 96.1 Å². The number of hydrogen-bond acceptors (Lipinski definition) is 5. The molecule has 40 heavy (non-hydrogen) atoms. The number of hydrogen-bond donors (Lipinski definition) is 0. The van der Waals surface area contributed by atoms with Crippen molar-refractivity contribution in [1.29, 1.82) is 0 Å². The Kier molecular flexibility index (Phi) is 11.0. The second-order valence-corrected chi connectivity index (χ2v) is 15.6. The summed E-state index contributed by atoms with van der Waals surface area (Å²) < 4.78 is 25.7. The van der Waals surface area contributed by atoms with E-state index in [4.69, 9.17) is 18.9 Å².